The number of Topliss-reactive ketones (excluding diaryl/α,β-unsaturated/α-hetero) is 1. The van der Waals surface area contributed by atoms with E-state index in [0.717, 1.165) is 40.2 Å². The molecule has 23 heavy (non-hydrogen) atoms. The van der Waals surface area contributed by atoms with Gasteiger partial charge in [-0.3, -0.25) is 4.79 Å². The molecule has 0 saturated carbocycles. The van der Waals surface area contributed by atoms with Crippen LogP contribution in [0.15, 0.2) is 30.3 Å². The molecule has 0 bridgehead atoms. The third kappa shape index (κ3) is 2.50. The monoisotopic (exact) mass is 309 g/mol. The van der Waals surface area contributed by atoms with E-state index in [1.807, 2.05) is 45.9 Å². The predicted molar refractivity (Wildman–Crippen MR) is 93.5 cm³/mol. The number of nitrogens with one attached hydrogen (secondary N) is 1. The fraction of sp³-hybridized carbons (Fsp3) is 0.350. The zero-order valence-corrected chi connectivity index (χ0v) is 14.4. The van der Waals surface area contributed by atoms with E-state index in [1.165, 1.54) is 5.56 Å². The van der Waals surface area contributed by atoms with Crippen molar-refractivity contribution in [2.45, 2.75) is 46.8 Å². The zero-order valence-electron chi connectivity index (χ0n) is 14.4. The Hall–Kier alpha value is -2.29. The molecule has 0 radical (unpaired) electrons. The van der Waals surface area contributed by atoms with E-state index < -0.39 is 5.60 Å². The van der Waals surface area contributed by atoms with Crippen LogP contribution in [0.5, 0.6) is 5.75 Å². The third-order valence-electron chi connectivity index (χ3n) is 4.70. The van der Waals surface area contributed by atoms with E-state index in [1.54, 1.807) is 0 Å². The molecule has 0 saturated heterocycles. The van der Waals surface area contributed by atoms with Crippen molar-refractivity contribution < 1.29 is 9.53 Å². The van der Waals surface area contributed by atoms with Gasteiger partial charge >= 0.3 is 0 Å². The van der Waals surface area contributed by atoms with Gasteiger partial charge in [-0.15, -0.1) is 0 Å². The minimum Gasteiger partial charge on any atom is -0.479 e. The number of rotatable bonds is 3. The molecular weight excluding hydrogens is 286 g/mol. The van der Waals surface area contributed by atoms with Gasteiger partial charge in [0.2, 0.25) is 5.78 Å². The summed E-state index contributed by atoms with van der Waals surface area (Å²) in [6.45, 7) is 10.5. The van der Waals surface area contributed by atoms with Crippen LogP contribution in [0.25, 0.3) is 0 Å². The Morgan fingerprint density at radius 3 is 2.30 bits per heavy atom. The highest BCUT2D eigenvalue weighted by Gasteiger charge is 2.42. The number of benzene rings is 2. The number of carbonyl (C=O) groups is 1. The predicted octanol–water partition coefficient (Wildman–Crippen LogP) is 4.58. The Morgan fingerprint density at radius 2 is 1.65 bits per heavy atom. The number of hydrogen-bond donors (Lipinski definition) is 1. The fourth-order valence-electron chi connectivity index (χ4n) is 3.18. The molecule has 0 atom stereocenters. The van der Waals surface area contributed by atoms with Crippen LogP contribution in [0, 0.1) is 20.8 Å². The van der Waals surface area contributed by atoms with Crippen LogP contribution in [-0.4, -0.2) is 11.4 Å². The van der Waals surface area contributed by atoms with Crippen LogP contribution >= 0.6 is 0 Å². The molecule has 1 heterocycles. The number of ketones is 1. The normalized spacial score (nSPS) is 15.3. The molecule has 1 aliphatic rings. The largest absolute Gasteiger partial charge is 0.479 e. The Labute approximate surface area is 137 Å². The lowest BCUT2D eigenvalue weighted by Crippen LogP contribution is -2.32. The first-order valence-corrected chi connectivity index (χ1v) is 7.98. The first kappa shape index (κ1) is 15.6. The molecule has 1 aliphatic heterocycles. The molecule has 0 spiro atoms. The lowest BCUT2D eigenvalue weighted by atomic mass is 9.91. The van der Waals surface area contributed by atoms with Gasteiger partial charge in [-0.05, 0) is 56.9 Å². The summed E-state index contributed by atoms with van der Waals surface area (Å²) >= 11 is 0. The van der Waals surface area contributed by atoms with Crippen molar-refractivity contribution in [2.24, 2.45) is 0 Å². The van der Waals surface area contributed by atoms with Crippen LogP contribution in [0.1, 0.15) is 46.5 Å². The van der Waals surface area contributed by atoms with E-state index in [2.05, 4.69) is 24.4 Å². The van der Waals surface area contributed by atoms with Crippen molar-refractivity contribution in [3.63, 3.8) is 0 Å². The number of ether oxygens (including phenoxy) is 1. The van der Waals surface area contributed by atoms with Crippen LogP contribution in [0.2, 0.25) is 0 Å². The molecule has 0 aliphatic carbocycles. The van der Waals surface area contributed by atoms with Crippen molar-refractivity contribution in [3.05, 3.63) is 58.1 Å². The van der Waals surface area contributed by atoms with Gasteiger partial charge in [0.05, 0.1) is 5.56 Å². The van der Waals surface area contributed by atoms with Crippen molar-refractivity contribution in [1.29, 1.82) is 0 Å². The smallest absolute Gasteiger partial charge is 0.209 e. The number of fused-ring (bicyclic) bond motifs is 1. The van der Waals surface area contributed by atoms with E-state index in [0.29, 0.717) is 0 Å². The fourth-order valence-corrected chi connectivity index (χ4v) is 3.18. The van der Waals surface area contributed by atoms with Gasteiger partial charge in [-0.25, -0.2) is 0 Å². The first-order chi connectivity index (χ1) is 10.8. The number of anilines is 1. The minimum atomic E-state index is -0.775. The highest BCUT2D eigenvalue weighted by atomic mass is 16.5. The molecule has 3 nitrogen and oxygen atoms in total. The van der Waals surface area contributed by atoms with Gasteiger partial charge in [-0.1, -0.05) is 30.3 Å². The summed E-state index contributed by atoms with van der Waals surface area (Å²) in [5, 5.41) is 3.51. The Morgan fingerprint density at radius 1 is 1.00 bits per heavy atom. The van der Waals surface area contributed by atoms with E-state index >= 15 is 0 Å². The van der Waals surface area contributed by atoms with Gasteiger partial charge in [0.1, 0.15) is 5.75 Å². The Kier molecular flexibility index (Phi) is 3.67. The van der Waals surface area contributed by atoms with Gasteiger partial charge < -0.3 is 10.1 Å². The molecule has 3 rings (SSSR count). The summed E-state index contributed by atoms with van der Waals surface area (Å²) in [6.07, 6.45) is 0. The lowest BCUT2D eigenvalue weighted by molar-refractivity contribution is 0.0683. The van der Waals surface area contributed by atoms with Gasteiger partial charge in [-0.2, -0.15) is 0 Å². The van der Waals surface area contributed by atoms with Crippen LogP contribution in [0.3, 0.4) is 0 Å². The zero-order chi connectivity index (χ0) is 16.8. The average molecular weight is 309 g/mol. The van der Waals surface area contributed by atoms with Gasteiger partial charge in [0, 0.05) is 12.2 Å². The highest BCUT2D eigenvalue weighted by molar-refractivity contribution is 6.09. The molecular formula is C20H23NO2. The third-order valence-corrected chi connectivity index (χ3v) is 4.70. The van der Waals surface area contributed by atoms with Crippen LogP contribution < -0.4 is 10.1 Å². The highest BCUT2D eigenvalue weighted by Crippen LogP contribution is 2.44. The second-order valence-corrected chi connectivity index (χ2v) is 6.73. The Balaban J connectivity index is 2.02. The second kappa shape index (κ2) is 5.41. The molecule has 0 fully saturated rings. The summed E-state index contributed by atoms with van der Waals surface area (Å²) in [7, 11) is 0. The van der Waals surface area contributed by atoms with Crippen LogP contribution in [-0.2, 0) is 6.54 Å². The van der Waals surface area contributed by atoms with Gasteiger partial charge in [0.25, 0.3) is 0 Å². The molecule has 2 aromatic carbocycles. The lowest BCUT2D eigenvalue weighted by Gasteiger charge is -2.18. The molecule has 0 unspecified atom stereocenters. The maximum atomic E-state index is 12.7. The van der Waals surface area contributed by atoms with Crippen molar-refractivity contribution >= 4 is 11.5 Å². The number of carbonyl (C=O) groups excluding carboxylic acids is 1. The van der Waals surface area contributed by atoms with E-state index in [9.17, 15) is 4.79 Å². The quantitative estimate of drug-likeness (QED) is 0.902. The maximum Gasteiger partial charge on any atom is 0.209 e. The molecule has 1 N–H and O–H groups in total. The summed E-state index contributed by atoms with van der Waals surface area (Å²) in [4.78, 5) is 12.7. The van der Waals surface area contributed by atoms with Crippen molar-refractivity contribution in [2.75, 3.05) is 5.32 Å². The van der Waals surface area contributed by atoms with Crippen molar-refractivity contribution in [3.8, 4) is 5.75 Å². The van der Waals surface area contributed by atoms with E-state index in [4.69, 9.17) is 4.74 Å². The summed E-state index contributed by atoms with van der Waals surface area (Å²) in [5.41, 5.74) is 5.38. The topological polar surface area (TPSA) is 38.3 Å². The standard InChI is InChI=1S/C20H23NO2/c1-12-13(2)18-16(19(22)20(4,5)23-18)14(3)17(12)21-11-15-9-7-6-8-10-15/h6-10,21H,11H2,1-5H3. The van der Waals surface area contributed by atoms with Crippen LogP contribution in [0.4, 0.5) is 5.69 Å². The van der Waals surface area contributed by atoms with Crippen molar-refractivity contribution in [1.82, 2.24) is 0 Å². The maximum absolute atomic E-state index is 12.7. The Bertz CT molecular complexity index is 776. The van der Waals surface area contributed by atoms with E-state index in [-0.39, 0.29) is 5.78 Å². The average Bonchev–Trinajstić information content (AvgIpc) is 2.77. The second-order valence-electron chi connectivity index (χ2n) is 6.73. The van der Waals surface area contributed by atoms with Gasteiger partial charge in [0.15, 0.2) is 5.60 Å². The molecule has 3 heteroatoms. The summed E-state index contributed by atoms with van der Waals surface area (Å²) < 4.78 is 5.94. The molecule has 0 amide bonds. The summed E-state index contributed by atoms with van der Waals surface area (Å²) in [6, 6.07) is 10.3. The molecule has 120 valence electrons. The minimum absolute atomic E-state index is 0.0656. The molecule has 0 aromatic heterocycles. The molecule has 2 aromatic rings. The SMILES string of the molecule is Cc1c(C)c2c(c(C)c1NCc1ccccc1)C(=O)C(C)(C)O2. The number of hydrogen-bond acceptors (Lipinski definition) is 3. The first-order valence-electron chi connectivity index (χ1n) is 7.98. The summed E-state index contributed by atoms with van der Waals surface area (Å²) in [5.74, 6) is 0.816.